The molecule has 2 aromatic heterocycles. The van der Waals surface area contributed by atoms with Crippen LogP contribution in [0.1, 0.15) is 13.8 Å². The van der Waals surface area contributed by atoms with Gasteiger partial charge in [-0.25, -0.2) is 15.0 Å². The summed E-state index contributed by atoms with van der Waals surface area (Å²) in [6.45, 7) is 7.19. The van der Waals surface area contributed by atoms with Crippen LogP contribution in [-0.2, 0) is 6.67 Å². The zero-order valence-corrected chi connectivity index (χ0v) is 9.09. The minimum Gasteiger partial charge on any atom is -0.301 e. The van der Waals surface area contributed by atoms with Crippen LogP contribution in [0, 0.1) is 0 Å². The molecule has 0 atom stereocenters. The number of imidazole rings is 1. The van der Waals surface area contributed by atoms with Crippen LogP contribution < -0.4 is 0 Å². The third-order valence-corrected chi connectivity index (χ3v) is 2.53. The Kier molecular flexibility index (Phi) is 2.91. The number of hydrogen-bond donors (Lipinski definition) is 0. The van der Waals surface area contributed by atoms with E-state index in [-0.39, 0.29) is 0 Å². The molecule has 0 fully saturated rings. The predicted molar refractivity (Wildman–Crippen MR) is 58.2 cm³/mol. The second kappa shape index (κ2) is 4.35. The fraction of sp³-hybridized carbons (Fsp3) is 0.500. The van der Waals surface area contributed by atoms with E-state index in [2.05, 4.69) is 33.7 Å². The van der Waals surface area contributed by atoms with E-state index in [4.69, 9.17) is 0 Å². The van der Waals surface area contributed by atoms with E-state index >= 15 is 0 Å². The maximum absolute atomic E-state index is 4.25. The lowest BCUT2D eigenvalue weighted by Crippen LogP contribution is -2.25. The molecule has 15 heavy (non-hydrogen) atoms. The highest BCUT2D eigenvalue weighted by atomic mass is 15.3. The Morgan fingerprint density at radius 1 is 1.27 bits per heavy atom. The summed E-state index contributed by atoms with van der Waals surface area (Å²) in [4.78, 5) is 14.7. The molecule has 2 heterocycles. The maximum Gasteiger partial charge on any atom is 0.164 e. The Hall–Kier alpha value is -1.49. The smallest absolute Gasteiger partial charge is 0.164 e. The second-order valence-electron chi connectivity index (χ2n) is 3.39. The molecule has 2 rings (SSSR count). The minimum absolute atomic E-state index is 0.834. The standard InChI is InChI=1S/C10H15N5/c1-3-14(4-2)8-15-7-13-9-5-11-6-12-10(9)15/h5-7H,3-4,8H2,1-2H3. The fourth-order valence-electron chi connectivity index (χ4n) is 1.56. The number of fused-ring (bicyclic) bond motifs is 1. The van der Waals surface area contributed by atoms with Gasteiger partial charge in [0.2, 0.25) is 0 Å². The number of rotatable bonds is 4. The Balaban J connectivity index is 2.28. The van der Waals surface area contributed by atoms with Crippen molar-refractivity contribution in [3.05, 3.63) is 18.9 Å². The molecule has 0 aliphatic heterocycles. The van der Waals surface area contributed by atoms with E-state index < -0.39 is 0 Å². The molecular weight excluding hydrogens is 190 g/mol. The van der Waals surface area contributed by atoms with Crippen molar-refractivity contribution in [2.45, 2.75) is 20.5 Å². The summed E-state index contributed by atoms with van der Waals surface area (Å²) in [6.07, 6.45) is 5.11. The average Bonchev–Trinajstić information content (AvgIpc) is 2.69. The van der Waals surface area contributed by atoms with Gasteiger partial charge in [0.25, 0.3) is 0 Å². The van der Waals surface area contributed by atoms with Gasteiger partial charge in [0.05, 0.1) is 19.2 Å². The van der Waals surface area contributed by atoms with Crippen LogP contribution in [0.2, 0.25) is 0 Å². The van der Waals surface area contributed by atoms with Crippen molar-refractivity contribution in [2.24, 2.45) is 0 Å². The summed E-state index contributed by atoms with van der Waals surface area (Å²) in [6, 6.07) is 0. The lowest BCUT2D eigenvalue weighted by molar-refractivity contribution is 0.245. The molecule has 0 radical (unpaired) electrons. The quantitative estimate of drug-likeness (QED) is 0.750. The third-order valence-electron chi connectivity index (χ3n) is 2.53. The first-order valence-electron chi connectivity index (χ1n) is 5.18. The van der Waals surface area contributed by atoms with Crippen LogP contribution in [0.15, 0.2) is 18.9 Å². The Morgan fingerprint density at radius 3 is 2.80 bits per heavy atom. The molecule has 0 aliphatic carbocycles. The van der Waals surface area contributed by atoms with Crippen molar-refractivity contribution in [2.75, 3.05) is 13.1 Å². The normalized spacial score (nSPS) is 11.4. The minimum atomic E-state index is 0.834. The molecule has 2 aromatic rings. The molecular formula is C10H15N5. The first kappa shape index (κ1) is 10.0. The van der Waals surface area contributed by atoms with Gasteiger partial charge in [-0.2, -0.15) is 0 Å². The number of hydrogen-bond acceptors (Lipinski definition) is 4. The van der Waals surface area contributed by atoms with E-state index in [1.165, 1.54) is 0 Å². The summed E-state index contributed by atoms with van der Waals surface area (Å²) in [7, 11) is 0. The molecule has 0 N–H and O–H groups in total. The van der Waals surface area contributed by atoms with Gasteiger partial charge in [-0.1, -0.05) is 13.8 Å². The molecule has 5 heteroatoms. The zero-order chi connectivity index (χ0) is 10.7. The molecule has 0 unspecified atom stereocenters. The highest BCUT2D eigenvalue weighted by Gasteiger charge is 2.05. The van der Waals surface area contributed by atoms with Gasteiger partial charge in [-0.15, -0.1) is 0 Å². The lowest BCUT2D eigenvalue weighted by atomic mass is 10.5. The molecule has 0 amide bonds. The average molecular weight is 205 g/mol. The zero-order valence-electron chi connectivity index (χ0n) is 9.09. The van der Waals surface area contributed by atoms with Crippen LogP contribution >= 0.6 is 0 Å². The maximum atomic E-state index is 4.25. The molecule has 0 bridgehead atoms. The topological polar surface area (TPSA) is 46.8 Å². The molecule has 0 aliphatic rings. The van der Waals surface area contributed by atoms with Gasteiger partial charge in [-0.05, 0) is 13.1 Å². The van der Waals surface area contributed by atoms with Crippen molar-refractivity contribution in [3.63, 3.8) is 0 Å². The monoisotopic (exact) mass is 205 g/mol. The van der Waals surface area contributed by atoms with Gasteiger partial charge in [-0.3, -0.25) is 4.90 Å². The number of nitrogens with zero attached hydrogens (tertiary/aromatic N) is 5. The van der Waals surface area contributed by atoms with Gasteiger partial charge in [0.15, 0.2) is 5.65 Å². The van der Waals surface area contributed by atoms with E-state index in [9.17, 15) is 0 Å². The largest absolute Gasteiger partial charge is 0.301 e. The SMILES string of the molecule is CCN(CC)Cn1cnc2cncnc21. The van der Waals surface area contributed by atoms with E-state index in [1.807, 2.05) is 10.9 Å². The Labute approximate surface area is 88.8 Å². The van der Waals surface area contributed by atoms with Gasteiger partial charge >= 0.3 is 0 Å². The van der Waals surface area contributed by atoms with Gasteiger partial charge in [0.1, 0.15) is 11.8 Å². The first-order valence-corrected chi connectivity index (χ1v) is 5.18. The van der Waals surface area contributed by atoms with Crippen molar-refractivity contribution in [1.82, 2.24) is 24.4 Å². The molecule has 0 saturated carbocycles. The summed E-state index contributed by atoms with van der Waals surface area (Å²) in [5.41, 5.74) is 1.75. The predicted octanol–water partition coefficient (Wildman–Crippen LogP) is 1.13. The van der Waals surface area contributed by atoms with Crippen molar-refractivity contribution in [1.29, 1.82) is 0 Å². The summed E-state index contributed by atoms with van der Waals surface area (Å²) >= 11 is 0. The molecule has 0 saturated heterocycles. The third kappa shape index (κ3) is 1.97. The van der Waals surface area contributed by atoms with Gasteiger partial charge in [0, 0.05) is 0 Å². The van der Waals surface area contributed by atoms with Crippen molar-refractivity contribution < 1.29 is 0 Å². The summed E-state index contributed by atoms with van der Waals surface area (Å²) in [5, 5.41) is 0. The lowest BCUT2D eigenvalue weighted by Gasteiger charge is -2.18. The molecule has 5 nitrogen and oxygen atoms in total. The van der Waals surface area contributed by atoms with E-state index in [0.29, 0.717) is 0 Å². The number of aromatic nitrogens is 4. The first-order chi connectivity index (χ1) is 7.35. The van der Waals surface area contributed by atoms with Crippen LogP contribution in [-0.4, -0.2) is 37.5 Å². The molecule has 0 aromatic carbocycles. The molecule has 80 valence electrons. The summed E-state index contributed by atoms with van der Waals surface area (Å²) < 4.78 is 2.05. The highest BCUT2D eigenvalue weighted by molar-refractivity contribution is 5.68. The van der Waals surface area contributed by atoms with E-state index in [1.54, 1.807) is 12.5 Å². The Bertz CT molecular complexity index is 432. The second-order valence-corrected chi connectivity index (χ2v) is 3.39. The van der Waals surface area contributed by atoms with Crippen LogP contribution in [0.5, 0.6) is 0 Å². The Morgan fingerprint density at radius 2 is 2.07 bits per heavy atom. The van der Waals surface area contributed by atoms with Gasteiger partial charge < -0.3 is 4.57 Å². The fourth-order valence-corrected chi connectivity index (χ4v) is 1.56. The molecule has 0 spiro atoms. The highest BCUT2D eigenvalue weighted by Crippen LogP contribution is 2.07. The summed E-state index contributed by atoms with van der Waals surface area (Å²) in [5.74, 6) is 0. The van der Waals surface area contributed by atoms with Crippen LogP contribution in [0.4, 0.5) is 0 Å². The van der Waals surface area contributed by atoms with Crippen molar-refractivity contribution in [3.8, 4) is 0 Å². The van der Waals surface area contributed by atoms with Crippen LogP contribution in [0.3, 0.4) is 0 Å². The van der Waals surface area contributed by atoms with Crippen LogP contribution in [0.25, 0.3) is 11.2 Å². The van der Waals surface area contributed by atoms with E-state index in [0.717, 1.165) is 30.9 Å². The van der Waals surface area contributed by atoms with Crippen molar-refractivity contribution >= 4 is 11.2 Å².